The van der Waals surface area contributed by atoms with E-state index in [1.807, 2.05) is 0 Å². The predicted octanol–water partition coefficient (Wildman–Crippen LogP) is 0.889. The molecule has 13 heavy (non-hydrogen) atoms. The van der Waals surface area contributed by atoms with Gasteiger partial charge in [0.15, 0.2) is 0 Å². The Morgan fingerprint density at radius 3 is 2.15 bits per heavy atom. The molecule has 0 amide bonds. The summed E-state index contributed by atoms with van der Waals surface area (Å²) in [6.07, 6.45) is -3.35. The second kappa shape index (κ2) is 6.17. The van der Waals surface area contributed by atoms with Crippen molar-refractivity contribution in [3.05, 3.63) is 0 Å². The molecular formula is C5H9F3O4S. The molecule has 0 aromatic rings. The van der Waals surface area contributed by atoms with E-state index in [0.717, 1.165) is 0 Å². The Labute approximate surface area is 74.0 Å². The highest BCUT2D eigenvalue weighted by Gasteiger charge is 2.13. The average molecular weight is 222 g/mol. The number of alkyl halides is 3. The van der Waals surface area contributed by atoms with Crippen LogP contribution in [0.1, 0.15) is 6.42 Å². The first kappa shape index (κ1) is 12.7. The Hall–Kier alpha value is -0.340. The lowest BCUT2D eigenvalue weighted by atomic mass is 10.5. The topological polar surface area (TPSA) is 52.6 Å². The minimum Gasteiger partial charge on any atom is -0.249 e. The molecule has 0 radical (unpaired) electrons. The van der Waals surface area contributed by atoms with E-state index in [4.69, 9.17) is 0 Å². The lowest BCUT2D eigenvalue weighted by Gasteiger charge is -2.03. The fourth-order valence-corrected chi connectivity index (χ4v) is 1.04. The van der Waals surface area contributed by atoms with E-state index in [9.17, 15) is 21.6 Å². The van der Waals surface area contributed by atoms with E-state index >= 15 is 0 Å². The van der Waals surface area contributed by atoms with E-state index in [0.29, 0.717) is 0 Å². The van der Waals surface area contributed by atoms with Crippen molar-refractivity contribution >= 4 is 10.4 Å². The van der Waals surface area contributed by atoms with Crippen LogP contribution in [0.25, 0.3) is 0 Å². The molecule has 0 fully saturated rings. The van der Waals surface area contributed by atoms with Crippen LogP contribution in [-0.2, 0) is 18.8 Å². The van der Waals surface area contributed by atoms with Gasteiger partial charge in [0.25, 0.3) is 0 Å². The van der Waals surface area contributed by atoms with Gasteiger partial charge in [-0.2, -0.15) is 8.42 Å². The van der Waals surface area contributed by atoms with Crippen molar-refractivity contribution in [3.8, 4) is 0 Å². The van der Waals surface area contributed by atoms with E-state index in [-0.39, 0.29) is 0 Å². The molecule has 0 heterocycles. The molecule has 0 N–H and O–H groups in total. The first-order chi connectivity index (χ1) is 5.98. The van der Waals surface area contributed by atoms with Gasteiger partial charge < -0.3 is 0 Å². The largest absolute Gasteiger partial charge is 0.399 e. The van der Waals surface area contributed by atoms with Crippen LogP contribution in [0.3, 0.4) is 0 Å². The van der Waals surface area contributed by atoms with Crippen LogP contribution in [0, 0.1) is 0 Å². The molecular weight excluding hydrogens is 213 g/mol. The fraction of sp³-hybridized carbons (Fsp3) is 1.00. The van der Waals surface area contributed by atoms with Gasteiger partial charge >= 0.3 is 10.4 Å². The zero-order chi connectivity index (χ0) is 10.3. The van der Waals surface area contributed by atoms with Gasteiger partial charge in [0.1, 0.15) is 6.67 Å². The van der Waals surface area contributed by atoms with E-state index in [2.05, 4.69) is 8.37 Å². The summed E-state index contributed by atoms with van der Waals surface area (Å²) in [5.41, 5.74) is 0. The van der Waals surface area contributed by atoms with Gasteiger partial charge in [0, 0.05) is 6.42 Å². The van der Waals surface area contributed by atoms with Gasteiger partial charge in [-0.1, -0.05) is 0 Å². The van der Waals surface area contributed by atoms with Gasteiger partial charge in [0.05, 0.1) is 13.2 Å². The Balaban J connectivity index is 3.64. The summed E-state index contributed by atoms with van der Waals surface area (Å²) < 4.78 is 63.2. The van der Waals surface area contributed by atoms with Crippen molar-refractivity contribution in [1.82, 2.24) is 0 Å². The van der Waals surface area contributed by atoms with Crippen molar-refractivity contribution in [2.75, 3.05) is 19.9 Å². The van der Waals surface area contributed by atoms with Crippen molar-refractivity contribution in [2.24, 2.45) is 0 Å². The highest BCUT2D eigenvalue weighted by molar-refractivity contribution is 7.81. The SMILES string of the molecule is O=S(=O)(OCCF)OCCC(F)F. The molecule has 0 saturated carbocycles. The molecule has 0 atom stereocenters. The number of hydrogen-bond acceptors (Lipinski definition) is 4. The first-order valence-electron chi connectivity index (χ1n) is 3.36. The van der Waals surface area contributed by atoms with Gasteiger partial charge in [-0.3, -0.25) is 0 Å². The molecule has 0 rings (SSSR count). The zero-order valence-corrected chi connectivity index (χ0v) is 7.40. The smallest absolute Gasteiger partial charge is 0.249 e. The third-order valence-electron chi connectivity index (χ3n) is 0.869. The van der Waals surface area contributed by atoms with E-state index < -0.39 is 43.1 Å². The van der Waals surface area contributed by atoms with Crippen LogP contribution >= 0.6 is 0 Å². The quantitative estimate of drug-likeness (QED) is 0.641. The lowest BCUT2D eigenvalue weighted by Crippen LogP contribution is -2.13. The minimum absolute atomic E-state index is 0.670. The second-order valence-electron chi connectivity index (χ2n) is 1.92. The monoisotopic (exact) mass is 222 g/mol. The molecule has 80 valence electrons. The van der Waals surface area contributed by atoms with Gasteiger partial charge in [0.2, 0.25) is 6.43 Å². The molecule has 0 aliphatic carbocycles. The highest BCUT2D eigenvalue weighted by atomic mass is 32.3. The number of hydrogen-bond donors (Lipinski definition) is 0. The number of halogens is 3. The number of rotatable bonds is 7. The summed E-state index contributed by atoms with van der Waals surface area (Å²) in [6.45, 7) is -2.33. The second-order valence-corrected chi connectivity index (χ2v) is 3.21. The summed E-state index contributed by atoms with van der Waals surface area (Å²) in [5, 5.41) is 0. The fourth-order valence-electron chi connectivity index (χ4n) is 0.407. The summed E-state index contributed by atoms with van der Waals surface area (Å²) in [7, 11) is -4.31. The predicted molar refractivity (Wildman–Crippen MR) is 37.4 cm³/mol. The Kier molecular flexibility index (Phi) is 6.00. The van der Waals surface area contributed by atoms with Gasteiger partial charge in [-0.25, -0.2) is 21.5 Å². The van der Waals surface area contributed by atoms with Crippen molar-refractivity contribution in [2.45, 2.75) is 12.8 Å². The summed E-state index contributed by atoms with van der Waals surface area (Å²) in [4.78, 5) is 0. The lowest BCUT2D eigenvalue weighted by molar-refractivity contribution is 0.108. The third-order valence-corrected chi connectivity index (χ3v) is 1.78. The molecule has 0 saturated heterocycles. The third kappa shape index (κ3) is 8.00. The molecule has 8 heteroatoms. The molecule has 0 bridgehead atoms. The highest BCUT2D eigenvalue weighted by Crippen LogP contribution is 2.02. The van der Waals surface area contributed by atoms with Crippen molar-refractivity contribution < 1.29 is 30.0 Å². The molecule has 0 aromatic heterocycles. The standard InChI is InChI=1S/C5H9F3O4S/c6-2-4-12-13(9,10)11-3-1-5(7)8/h5H,1-4H2. The summed E-state index contributed by atoms with van der Waals surface area (Å²) in [5.74, 6) is 0. The minimum atomic E-state index is -4.31. The summed E-state index contributed by atoms with van der Waals surface area (Å²) in [6, 6.07) is 0. The van der Waals surface area contributed by atoms with E-state index in [1.54, 1.807) is 0 Å². The average Bonchev–Trinajstić information content (AvgIpc) is 2.00. The molecule has 0 unspecified atom stereocenters. The zero-order valence-electron chi connectivity index (χ0n) is 6.58. The maximum absolute atomic E-state index is 11.5. The van der Waals surface area contributed by atoms with Crippen LogP contribution in [0.15, 0.2) is 0 Å². The molecule has 4 nitrogen and oxygen atoms in total. The van der Waals surface area contributed by atoms with Crippen LogP contribution in [0.4, 0.5) is 13.2 Å². The van der Waals surface area contributed by atoms with Crippen molar-refractivity contribution in [1.29, 1.82) is 0 Å². The molecule has 0 aliphatic heterocycles. The van der Waals surface area contributed by atoms with Crippen molar-refractivity contribution in [3.63, 3.8) is 0 Å². The molecule has 0 aliphatic rings. The first-order valence-corrected chi connectivity index (χ1v) is 4.69. The summed E-state index contributed by atoms with van der Waals surface area (Å²) >= 11 is 0. The van der Waals surface area contributed by atoms with Gasteiger partial charge in [-0.15, -0.1) is 0 Å². The Morgan fingerprint density at radius 1 is 1.15 bits per heavy atom. The maximum atomic E-state index is 11.5. The van der Waals surface area contributed by atoms with Crippen LogP contribution in [0.2, 0.25) is 0 Å². The normalized spacial score (nSPS) is 12.3. The maximum Gasteiger partial charge on any atom is 0.399 e. The van der Waals surface area contributed by atoms with Gasteiger partial charge in [-0.05, 0) is 0 Å². The Bertz CT molecular complexity index is 216. The molecule has 0 spiro atoms. The van der Waals surface area contributed by atoms with E-state index in [1.165, 1.54) is 0 Å². The van der Waals surface area contributed by atoms with Crippen LogP contribution in [0.5, 0.6) is 0 Å². The molecule has 0 aromatic carbocycles. The van der Waals surface area contributed by atoms with Crippen LogP contribution in [-0.4, -0.2) is 34.7 Å². The Morgan fingerprint density at radius 2 is 1.69 bits per heavy atom. The van der Waals surface area contributed by atoms with Crippen LogP contribution < -0.4 is 0 Å².